The van der Waals surface area contributed by atoms with Gasteiger partial charge in [0.05, 0.1) is 10.2 Å². The van der Waals surface area contributed by atoms with Crippen LogP contribution in [0.25, 0.3) is 21.9 Å². The number of amides is 1. The summed E-state index contributed by atoms with van der Waals surface area (Å²) in [5.41, 5.74) is 3.94. The number of anilines is 1. The molecule has 29 heavy (non-hydrogen) atoms. The molecular weight excluding hydrogens is 380 g/mol. The Balaban J connectivity index is 1.69. The Morgan fingerprint density at radius 2 is 1.69 bits per heavy atom. The van der Waals surface area contributed by atoms with Crippen molar-refractivity contribution in [3.63, 3.8) is 0 Å². The van der Waals surface area contributed by atoms with Gasteiger partial charge in [0.25, 0.3) is 5.91 Å². The van der Waals surface area contributed by atoms with Crippen LogP contribution in [0.2, 0.25) is 0 Å². The molecule has 1 aromatic heterocycles. The molecule has 0 aliphatic carbocycles. The van der Waals surface area contributed by atoms with E-state index in [2.05, 4.69) is 5.32 Å². The van der Waals surface area contributed by atoms with E-state index in [1.807, 2.05) is 91.9 Å². The van der Waals surface area contributed by atoms with Crippen LogP contribution in [-0.2, 0) is 11.3 Å². The molecule has 0 aliphatic rings. The van der Waals surface area contributed by atoms with Crippen molar-refractivity contribution in [2.24, 2.45) is 0 Å². The molecule has 4 rings (SSSR count). The quantitative estimate of drug-likeness (QED) is 0.367. The molecule has 0 atom stereocenters. The molecule has 0 radical (unpaired) electrons. The third kappa shape index (κ3) is 4.05. The Bertz CT molecular complexity index is 1240. The number of nitrogens with one attached hydrogen (secondary N) is 1. The SMILES string of the molecule is CCn1c(=O)sc2cc(NC(=O)/C(=C/c3ccccc3)c3ccccc3)ccc21. The number of hydrogen-bond acceptors (Lipinski definition) is 3. The van der Waals surface area contributed by atoms with Crippen molar-refractivity contribution in [1.29, 1.82) is 0 Å². The molecule has 4 aromatic rings. The van der Waals surface area contributed by atoms with Crippen LogP contribution in [0.4, 0.5) is 5.69 Å². The van der Waals surface area contributed by atoms with Crippen molar-refractivity contribution in [2.45, 2.75) is 13.5 Å². The largest absolute Gasteiger partial charge is 0.322 e. The first-order chi connectivity index (χ1) is 14.2. The normalized spacial score (nSPS) is 11.6. The number of nitrogens with zero attached hydrogens (tertiary/aromatic N) is 1. The van der Waals surface area contributed by atoms with Crippen LogP contribution in [0.15, 0.2) is 83.7 Å². The van der Waals surface area contributed by atoms with E-state index in [1.165, 1.54) is 11.3 Å². The van der Waals surface area contributed by atoms with Gasteiger partial charge < -0.3 is 5.32 Å². The molecule has 0 spiro atoms. The Morgan fingerprint density at radius 3 is 2.38 bits per heavy atom. The lowest BCUT2D eigenvalue weighted by molar-refractivity contribution is -0.111. The Kier molecular flexibility index (Phi) is 5.40. The van der Waals surface area contributed by atoms with Crippen LogP contribution in [-0.4, -0.2) is 10.5 Å². The molecule has 0 bridgehead atoms. The van der Waals surface area contributed by atoms with Crippen LogP contribution in [0.5, 0.6) is 0 Å². The second-order valence-electron chi connectivity index (χ2n) is 6.58. The molecule has 4 nitrogen and oxygen atoms in total. The topological polar surface area (TPSA) is 51.1 Å². The summed E-state index contributed by atoms with van der Waals surface area (Å²) in [7, 11) is 0. The number of fused-ring (bicyclic) bond motifs is 1. The average Bonchev–Trinajstić information content (AvgIpc) is 3.07. The Morgan fingerprint density at radius 1 is 1.00 bits per heavy atom. The lowest BCUT2D eigenvalue weighted by Crippen LogP contribution is -2.13. The fraction of sp³-hybridized carbons (Fsp3) is 0.0833. The van der Waals surface area contributed by atoms with E-state index in [-0.39, 0.29) is 10.8 Å². The van der Waals surface area contributed by atoms with Gasteiger partial charge in [0, 0.05) is 17.8 Å². The molecule has 0 saturated carbocycles. The Labute approximate surface area is 172 Å². The lowest BCUT2D eigenvalue weighted by Gasteiger charge is -2.10. The number of benzene rings is 3. The fourth-order valence-corrected chi connectivity index (χ4v) is 4.25. The number of hydrogen-bond donors (Lipinski definition) is 1. The first kappa shape index (κ1) is 18.9. The number of carbonyl (C=O) groups is 1. The molecule has 1 amide bonds. The summed E-state index contributed by atoms with van der Waals surface area (Å²) in [4.78, 5) is 25.2. The van der Waals surface area contributed by atoms with Gasteiger partial charge in [-0.2, -0.15) is 0 Å². The zero-order valence-electron chi connectivity index (χ0n) is 16.0. The van der Waals surface area contributed by atoms with Crippen molar-refractivity contribution in [3.05, 3.63) is 99.7 Å². The zero-order valence-corrected chi connectivity index (χ0v) is 16.8. The predicted molar refractivity (Wildman–Crippen MR) is 121 cm³/mol. The number of rotatable bonds is 5. The van der Waals surface area contributed by atoms with E-state index >= 15 is 0 Å². The summed E-state index contributed by atoms with van der Waals surface area (Å²) in [6.07, 6.45) is 1.88. The number of aryl methyl sites for hydroxylation is 1. The van der Waals surface area contributed by atoms with Gasteiger partial charge in [-0.1, -0.05) is 72.0 Å². The molecule has 1 heterocycles. The summed E-state index contributed by atoms with van der Waals surface area (Å²) in [5, 5.41) is 2.99. The maximum Gasteiger partial charge on any atom is 0.308 e. The smallest absolute Gasteiger partial charge is 0.308 e. The fourth-order valence-electron chi connectivity index (χ4n) is 3.26. The molecule has 5 heteroatoms. The van der Waals surface area contributed by atoms with Gasteiger partial charge in [-0.15, -0.1) is 0 Å². The van der Waals surface area contributed by atoms with E-state index < -0.39 is 0 Å². The molecule has 3 aromatic carbocycles. The Hall–Kier alpha value is -3.44. The molecular formula is C24H20N2O2S. The third-order valence-electron chi connectivity index (χ3n) is 4.68. The van der Waals surface area contributed by atoms with Crippen molar-refractivity contribution >= 4 is 44.8 Å². The van der Waals surface area contributed by atoms with Crippen molar-refractivity contribution in [1.82, 2.24) is 4.57 Å². The minimum atomic E-state index is -0.193. The van der Waals surface area contributed by atoms with Gasteiger partial charge in [0.1, 0.15) is 0 Å². The van der Waals surface area contributed by atoms with Gasteiger partial charge in [-0.25, -0.2) is 0 Å². The predicted octanol–water partition coefficient (Wildman–Crippen LogP) is 5.26. The highest BCUT2D eigenvalue weighted by molar-refractivity contribution is 7.16. The highest BCUT2D eigenvalue weighted by Gasteiger charge is 2.14. The lowest BCUT2D eigenvalue weighted by atomic mass is 10.0. The van der Waals surface area contributed by atoms with Gasteiger partial charge in [0.2, 0.25) is 0 Å². The van der Waals surface area contributed by atoms with E-state index in [9.17, 15) is 9.59 Å². The molecule has 0 saturated heterocycles. The van der Waals surface area contributed by atoms with E-state index in [0.29, 0.717) is 17.8 Å². The minimum absolute atomic E-state index is 0.0138. The molecule has 144 valence electrons. The van der Waals surface area contributed by atoms with Crippen molar-refractivity contribution < 1.29 is 4.79 Å². The first-order valence-corrected chi connectivity index (χ1v) is 10.2. The zero-order chi connectivity index (χ0) is 20.2. The van der Waals surface area contributed by atoms with E-state index in [0.717, 1.165) is 21.3 Å². The van der Waals surface area contributed by atoms with Crippen LogP contribution in [0.1, 0.15) is 18.1 Å². The van der Waals surface area contributed by atoms with Crippen LogP contribution < -0.4 is 10.2 Å². The summed E-state index contributed by atoms with van der Waals surface area (Å²) in [6, 6.07) is 24.9. The maximum absolute atomic E-state index is 13.1. The van der Waals surface area contributed by atoms with Gasteiger partial charge >= 0.3 is 4.87 Å². The summed E-state index contributed by atoms with van der Waals surface area (Å²) in [5.74, 6) is -0.193. The van der Waals surface area contributed by atoms with Crippen LogP contribution in [0, 0.1) is 0 Å². The van der Waals surface area contributed by atoms with Crippen molar-refractivity contribution in [2.75, 3.05) is 5.32 Å². The number of thiazole rings is 1. The first-order valence-electron chi connectivity index (χ1n) is 9.42. The minimum Gasteiger partial charge on any atom is -0.322 e. The molecule has 0 unspecified atom stereocenters. The van der Waals surface area contributed by atoms with Crippen molar-refractivity contribution in [3.8, 4) is 0 Å². The molecule has 0 aliphatic heterocycles. The van der Waals surface area contributed by atoms with E-state index in [4.69, 9.17) is 0 Å². The third-order valence-corrected chi connectivity index (χ3v) is 5.62. The van der Waals surface area contributed by atoms with Crippen LogP contribution >= 0.6 is 11.3 Å². The van der Waals surface area contributed by atoms with E-state index in [1.54, 1.807) is 4.57 Å². The second kappa shape index (κ2) is 8.29. The second-order valence-corrected chi connectivity index (χ2v) is 7.58. The highest BCUT2D eigenvalue weighted by atomic mass is 32.1. The van der Waals surface area contributed by atoms with Gasteiger partial charge in [-0.3, -0.25) is 14.2 Å². The maximum atomic E-state index is 13.1. The molecule has 1 N–H and O–H groups in total. The summed E-state index contributed by atoms with van der Waals surface area (Å²) < 4.78 is 2.60. The highest BCUT2D eigenvalue weighted by Crippen LogP contribution is 2.24. The van der Waals surface area contributed by atoms with Crippen LogP contribution in [0.3, 0.4) is 0 Å². The van der Waals surface area contributed by atoms with Gasteiger partial charge in [0.15, 0.2) is 0 Å². The number of carbonyl (C=O) groups excluding carboxylic acids is 1. The standard InChI is InChI=1S/C24H20N2O2S/c1-2-26-21-14-13-19(16-22(21)29-24(26)28)25-23(27)20(18-11-7-4-8-12-18)15-17-9-5-3-6-10-17/h3-16H,2H2,1H3,(H,25,27)/b20-15+. The molecule has 0 fully saturated rings. The monoisotopic (exact) mass is 400 g/mol. The summed E-state index contributed by atoms with van der Waals surface area (Å²) in [6.45, 7) is 2.58. The number of aromatic nitrogens is 1. The average molecular weight is 401 g/mol. The summed E-state index contributed by atoms with van der Waals surface area (Å²) >= 11 is 1.19. The van der Waals surface area contributed by atoms with Gasteiger partial charge in [-0.05, 0) is 42.3 Å².